The molecule has 10 rings (SSSR count). The van der Waals surface area contributed by atoms with Crippen LogP contribution in [-0.4, -0.2) is 9.55 Å². The van der Waals surface area contributed by atoms with Crippen LogP contribution >= 0.6 is 0 Å². The maximum absolute atomic E-state index is 6.83. The van der Waals surface area contributed by atoms with Gasteiger partial charge in [-0.2, -0.15) is 12.1 Å². The smallest absolute Gasteiger partial charge is 0.135 e. The number of ether oxygens (including phenoxy) is 1. The Balaban J connectivity index is 0.00000706. The molecule has 6 heteroatoms. The molecule has 2 aromatic heterocycles. The number of benzene rings is 7. The van der Waals surface area contributed by atoms with E-state index in [1.54, 1.807) is 0 Å². The second-order valence-electron chi connectivity index (χ2n) is 26.1. The summed E-state index contributed by atoms with van der Waals surface area (Å²) in [6, 6.07) is 62.8. The average Bonchev–Trinajstić information content (AvgIpc) is 3.92. The Morgan fingerprint density at radius 2 is 0.947 bits per heavy atom. The van der Waals surface area contributed by atoms with Gasteiger partial charge in [0.2, 0.25) is 0 Å². The van der Waals surface area contributed by atoms with Gasteiger partial charge >= 0.3 is 0 Å². The predicted octanol–water partition coefficient (Wildman–Crippen LogP) is 18.8. The second-order valence-corrected chi connectivity index (χ2v) is 26.1. The molecule has 0 amide bonds. The normalized spacial score (nSPS) is 13.6. The van der Waals surface area contributed by atoms with Crippen LogP contribution in [0.1, 0.15) is 155 Å². The largest absolute Gasteiger partial charge is 0.509 e. The van der Waals surface area contributed by atoms with E-state index in [1.165, 1.54) is 44.5 Å². The summed E-state index contributed by atoms with van der Waals surface area (Å²) in [5, 5.41) is 2.21. The summed E-state index contributed by atoms with van der Waals surface area (Å²) in [6.45, 7) is 39.1. The van der Waals surface area contributed by atoms with Crippen LogP contribution in [0.5, 0.6) is 11.5 Å². The van der Waals surface area contributed by atoms with Crippen molar-refractivity contribution >= 4 is 44.6 Å². The Bertz CT molecular complexity index is 3550. The van der Waals surface area contributed by atoms with Crippen LogP contribution in [0.2, 0.25) is 0 Å². The molecule has 0 atom stereocenters. The Morgan fingerprint density at radius 1 is 0.421 bits per heavy atom. The zero-order chi connectivity index (χ0) is 53.6. The van der Waals surface area contributed by atoms with Crippen LogP contribution in [-0.2, 0) is 53.6 Å². The molecule has 0 bridgehead atoms. The zero-order valence-corrected chi connectivity index (χ0v) is 49.9. The van der Waals surface area contributed by atoms with Crippen molar-refractivity contribution in [2.75, 3.05) is 9.80 Å². The topological polar surface area (TPSA) is 33.5 Å². The van der Waals surface area contributed by atoms with Crippen molar-refractivity contribution in [3.8, 4) is 17.3 Å². The predicted molar refractivity (Wildman–Crippen MR) is 316 cm³/mol. The van der Waals surface area contributed by atoms with Crippen LogP contribution in [0.4, 0.5) is 22.7 Å². The van der Waals surface area contributed by atoms with Gasteiger partial charge in [0.25, 0.3) is 0 Å². The van der Waals surface area contributed by atoms with E-state index in [1.807, 2.05) is 24.4 Å². The van der Waals surface area contributed by atoms with E-state index in [0.29, 0.717) is 11.5 Å². The maximum atomic E-state index is 6.83. The molecule has 0 aliphatic carbocycles. The minimum Gasteiger partial charge on any atom is -0.509 e. The summed E-state index contributed by atoms with van der Waals surface area (Å²) in [7, 11) is 0. The quantitative estimate of drug-likeness (QED) is 0.135. The molecule has 0 saturated carbocycles. The fourth-order valence-electron chi connectivity index (χ4n) is 10.5. The number of pyridine rings is 1. The molecule has 0 N–H and O–H groups in total. The maximum Gasteiger partial charge on any atom is 0.135 e. The van der Waals surface area contributed by atoms with Crippen LogP contribution in [0.3, 0.4) is 0 Å². The SMILES string of the molecule is CC(C)(C)c1cc(N2[CH-]N(c3[c-]c(Oc4[c-]c5c(cc4)c4cc(C(C)(C)c6ccccc6)ccc4n5-c4cc(C(C)(C)c5cc(C(C)(C)C)cc(C(C)(C)C)c5)ccn4)ccc3)c3ccccc32)cc(C(C)(C)C)c1.[Pt]. The number of aromatic nitrogens is 2. The molecule has 1 aliphatic heterocycles. The monoisotopic (exact) mass is 1180 g/mol. The van der Waals surface area contributed by atoms with Crippen molar-refractivity contribution in [2.45, 2.75) is 143 Å². The fourth-order valence-corrected chi connectivity index (χ4v) is 10.5. The van der Waals surface area contributed by atoms with Gasteiger partial charge in [0.15, 0.2) is 0 Å². The summed E-state index contributed by atoms with van der Waals surface area (Å²) in [6.07, 6.45) is 1.97. The molecular formula is C70H75N4OPt-3. The second kappa shape index (κ2) is 19.5. The van der Waals surface area contributed by atoms with Crippen LogP contribution in [0.15, 0.2) is 158 Å². The van der Waals surface area contributed by atoms with Gasteiger partial charge in [-0.3, -0.25) is 0 Å². The van der Waals surface area contributed by atoms with E-state index in [-0.39, 0.29) is 53.6 Å². The third kappa shape index (κ3) is 10.3. The Kier molecular flexibility index (Phi) is 14.0. The molecule has 76 heavy (non-hydrogen) atoms. The molecule has 1 aliphatic rings. The van der Waals surface area contributed by atoms with Gasteiger partial charge < -0.3 is 19.1 Å². The Labute approximate surface area is 468 Å². The van der Waals surface area contributed by atoms with Gasteiger partial charge in [0, 0.05) is 72.2 Å². The van der Waals surface area contributed by atoms with Crippen molar-refractivity contribution in [3.05, 3.63) is 221 Å². The Morgan fingerprint density at radius 3 is 1.55 bits per heavy atom. The number of hydrogen-bond donors (Lipinski definition) is 0. The van der Waals surface area contributed by atoms with Crippen molar-refractivity contribution in [2.24, 2.45) is 0 Å². The van der Waals surface area contributed by atoms with Crippen LogP contribution in [0.25, 0.3) is 27.6 Å². The van der Waals surface area contributed by atoms with Gasteiger partial charge in [-0.05, 0) is 114 Å². The molecule has 0 radical (unpaired) electrons. The Hall–Kier alpha value is -6.42. The number of nitrogens with zero attached hydrogens (tertiary/aromatic N) is 4. The third-order valence-corrected chi connectivity index (χ3v) is 15.7. The number of para-hydroxylation sites is 2. The standard InChI is InChI=1S/C70H75N4O.Pt/c1-65(2,3)49-35-50(66(4,5)6)38-53(37-49)70(15,16)48-33-34-71-64(42-48)74-60-32-29-47(69(13,14)46-23-18-17-19-24-46)41-59(60)58-31-30-57(44-63(58)74)75-56-26-22-25-54(43-56)72-45-73(62-28-21-20-27-61(62)72)55-39-51(67(7,8)9)36-52(40-55)68(10,11)12;/h17-42,45H,1-16H3;/q-3;. The van der Waals surface area contributed by atoms with Crippen LogP contribution < -0.4 is 14.5 Å². The molecule has 9 aromatic rings. The van der Waals surface area contributed by atoms with E-state index in [9.17, 15) is 0 Å². The molecule has 7 aromatic carbocycles. The van der Waals surface area contributed by atoms with E-state index in [2.05, 4.69) is 277 Å². The number of anilines is 4. The van der Waals surface area contributed by atoms with Gasteiger partial charge in [-0.1, -0.05) is 195 Å². The van der Waals surface area contributed by atoms with Crippen molar-refractivity contribution in [1.82, 2.24) is 9.55 Å². The van der Waals surface area contributed by atoms with E-state index >= 15 is 0 Å². The molecule has 0 saturated heterocycles. The first-order chi connectivity index (χ1) is 35.2. The first kappa shape index (κ1) is 54.4. The van der Waals surface area contributed by atoms with Gasteiger partial charge in [-0.15, -0.1) is 48.1 Å². The van der Waals surface area contributed by atoms with Gasteiger partial charge in [0.1, 0.15) is 5.82 Å². The molecular weight excluding hydrogens is 1110 g/mol. The van der Waals surface area contributed by atoms with Gasteiger partial charge in [0.05, 0.1) is 0 Å². The van der Waals surface area contributed by atoms with Crippen LogP contribution in [0, 0.1) is 18.8 Å². The van der Waals surface area contributed by atoms with Crippen molar-refractivity contribution in [1.29, 1.82) is 0 Å². The molecule has 0 unspecified atom stereocenters. The molecule has 0 fully saturated rings. The fraction of sp³-hybridized carbons (Fsp3) is 0.314. The molecule has 394 valence electrons. The molecule has 3 heterocycles. The number of fused-ring (bicyclic) bond motifs is 4. The first-order valence-corrected chi connectivity index (χ1v) is 26.8. The van der Waals surface area contributed by atoms with Crippen molar-refractivity contribution in [3.63, 3.8) is 0 Å². The summed E-state index contributed by atoms with van der Waals surface area (Å²) >= 11 is 0. The number of hydrogen-bond acceptors (Lipinski definition) is 4. The number of rotatable bonds is 9. The minimum absolute atomic E-state index is 0. The summed E-state index contributed by atoms with van der Waals surface area (Å²) in [5.74, 6) is 2.02. The zero-order valence-electron chi connectivity index (χ0n) is 47.6. The van der Waals surface area contributed by atoms with Gasteiger partial charge in [-0.25, -0.2) is 4.98 Å². The first-order valence-electron chi connectivity index (χ1n) is 26.8. The summed E-state index contributed by atoms with van der Waals surface area (Å²) in [4.78, 5) is 9.68. The minimum atomic E-state index is -0.334. The average molecular weight is 1180 g/mol. The van der Waals surface area contributed by atoms with E-state index < -0.39 is 0 Å². The van der Waals surface area contributed by atoms with E-state index in [4.69, 9.17) is 9.72 Å². The van der Waals surface area contributed by atoms with E-state index in [0.717, 1.165) is 50.4 Å². The third-order valence-electron chi connectivity index (χ3n) is 15.7. The summed E-state index contributed by atoms with van der Waals surface area (Å²) < 4.78 is 9.10. The summed E-state index contributed by atoms with van der Waals surface area (Å²) in [5.41, 5.74) is 15.8. The van der Waals surface area contributed by atoms with Crippen molar-refractivity contribution < 1.29 is 25.8 Å². The molecule has 5 nitrogen and oxygen atoms in total. The molecule has 0 spiro atoms.